The molecule has 2 aliphatic rings. The van der Waals surface area contributed by atoms with Gasteiger partial charge in [0.2, 0.25) is 0 Å². The second-order valence-corrected chi connectivity index (χ2v) is 18.8. The molecule has 266 valence electrons. The number of halogens is 2. The number of benzene rings is 5. The van der Waals surface area contributed by atoms with Crippen molar-refractivity contribution >= 4 is 66.0 Å². The zero-order chi connectivity index (χ0) is 37.2. The molecular formula is C48H50Br2N2. The van der Waals surface area contributed by atoms with Crippen LogP contribution in [0.25, 0.3) is 0 Å². The van der Waals surface area contributed by atoms with Crippen LogP contribution < -0.4 is 9.80 Å². The first kappa shape index (κ1) is 36.5. The first-order valence-corrected chi connectivity index (χ1v) is 20.0. The van der Waals surface area contributed by atoms with Crippen molar-refractivity contribution in [1.29, 1.82) is 0 Å². The molecule has 0 N–H and O–H groups in total. The van der Waals surface area contributed by atoms with Crippen LogP contribution in [0.4, 0.5) is 34.1 Å². The Balaban J connectivity index is 1.41. The van der Waals surface area contributed by atoms with Crippen molar-refractivity contribution in [3.05, 3.63) is 164 Å². The summed E-state index contributed by atoms with van der Waals surface area (Å²) in [6.07, 6.45) is 9.20. The fourth-order valence-corrected chi connectivity index (χ4v) is 9.01. The molecule has 0 fully saturated rings. The van der Waals surface area contributed by atoms with Crippen LogP contribution in [0.5, 0.6) is 0 Å². The zero-order valence-electron chi connectivity index (χ0n) is 31.9. The van der Waals surface area contributed by atoms with Gasteiger partial charge in [-0.05, 0) is 155 Å². The third-order valence-corrected chi connectivity index (χ3v) is 13.0. The van der Waals surface area contributed by atoms with Gasteiger partial charge in [-0.25, -0.2) is 0 Å². The molecule has 0 heterocycles. The Bertz CT molecular complexity index is 2120. The van der Waals surface area contributed by atoms with E-state index >= 15 is 0 Å². The van der Waals surface area contributed by atoms with E-state index in [1.807, 2.05) is 0 Å². The van der Waals surface area contributed by atoms with Crippen molar-refractivity contribution in [3.8, 4) is 0 Å². The van der Waals surface area contributed by atoms with Gasteiger partial charge in [0.15, 0.2) is 0 Å². The summed E-state index contributed by atoms with van der Waals surface area (Å²) < 4.78 is 2.06. The van der Waals surface area contributed by atoms with Crippen molar-refractivity contribution in [2.24, 2.45) is 5.92 Å². The molecule has 5 aromatic carbocycles. The van der Waals surface area contributed by atoms with E-state index in [-0.39, 0.29) is 16.2 Å². The van der Waals surface area contributed by atoms with Gasteiger partial charge in [0.05, 0.1) is 10.2 Å². The SMILES string of the molecule is Cc1cc(Br)c(Br)c(N(c2cccc(N(c3ccc(C(C)(C)C)cc3)c3ccc(C(C)(C)C)cc3)c2)c2ccc3c(c2)C(C)(C)C2C=CC=CC32)c1. The van der Waals surface area contributed by atoms with Crippen LogP contribution in [0.15, 0.2) is 136 Å². The van der Waals surface area contributed by atoms with Gasteiger partial charge in [0.1, 0.15) is 0 Å². The van der Waals surface area contributed by atoms with E-state index in [4.69, 9.17) is 0 Å². The van der Waals surface area contributed by atoms with E-state index < -0.39 is 0 Å². The second-order valence-electron chi connectivity index (χ2n) is 17.2. The molecule has 0 amide bonds. The summed E-state index contributed by atoms with van der Waals surface area (Å²) >= 11 is 7.85. The maximum atomic E-state index is 3.99. The molecule has 0 aromatic heterocycles. The molecule has 0 saturated carbocycles. The predicted molar refractivity (Wildman–Crippen MR) is 231 cm³/mol. The zero-order valence-corrected chi connectivity index (χ0v) is 35.1. The lowest BCUT2D eigenvalue weighted by atomic mass is 9.74. The summed E-state index contributed by atoms with van der Waals surface area (Å²) in [4.78, 5) is 4.80. The fourth-order valence-electron chi connectivity index (χ4n) is 8.04. The van der Waals surface area contributed by atoms with Crippen molar-refractivity contribution < 1.29 is 0 Å². The van der Waals surface area contributed by atoms with Gasteiger partial charge >= 0.3 is 0 Å². The van der Waals surface area contributed by atoms with Crippen molar-refractivity contribution in [1.82, 2.24) is 0 Å². The van der Waals surface area contributed by atoms with Crippen molar-refractivity contribution in [2.75, 3.05) is 9.80 Å². The van der Waals surface area contributed by atoms with E-state index in [2.05, 4.69) is 231 Å². The number of hydrogen-bond acceptors (Lipinski definition) is 2. The number of aryl methyl sites for hydroxylation is 1. The van der Waals surface area contributed by atoms with Gasteiger partial charge in [0.25, 0.3) is 0 Å². The van der Waals surface area contributed by atoms with Crippen LogP contribution in [0.2, 0.25) is 0 Å². The lowest BCUT2D eigenvalue weighted by Gasteiger charge is -2.32. The van der Waals surface area contributed by atoms with Crippen LogP contribution in [-0.4, -0.2) is 0 Å². The number of allylic oxidation sites excluding steroid dienone is 4. The number of nitrogens with zero attached hydrogens (tertiary/aromatic N) is 2. The highest BCUT2D eigenvalue weighted by Crippen LogP contribution is 2.55. The summed E-state index contributed by atoms with van der Waals surface area (Å²) in [6.45, 7) is 20.6. The van der Waals surface area contributed by atoms with Crippen molar-refractivity contribution in [3.63, 3.8) is 0 Å². The first-order valence-electron chi connectivity index (χ1n) is 18.4. The molecule has 2 atom stereocenters. The highest BCUT2D eigenvalue weighted by molar-refractivity contribution is 9.13. The molecule has 52 heavy (non-hydrogen) atoms. The van der Waals surface area contributed by atoms with Gasteiger partial charge in [-0.1, -0.05) is 116 Å². The quantitative estimate of drug-likeness (QED) is 0.168. The number of fused-ring (bicyclic) bond motifs is 3. The van der Waals surface area contributed by atoms with Gasteiger partial charge < -0.3 is 9.80 Å². The van der Waals surface area contributed by atoms with Gasteiger partial charge in [-0.15, -0.1) is 0 Å². The Morgan fingerprint density at radius 2 is 1.10 bits per heavy atom. The Labute approximate surface area is 328 Å². The summed E-state index contributed by atoms with van der Waals surface area (Å²) in [5.74, 6) is 0.853. The summed E-state index contributed by atoms with van der Waals surface area (Å²) in [5.41, 5.74) is 13.5. The largest absolute Gasteiger partial charge is 0.310 e. The average molecular weight is 815 g/mol. The Hall–Kier alpha value is -3.86. The van der Waals surface area contributed by atoms with E-state index in [0.717, 1.165) is 43.1 Å². The minimum atomic E-state index is 0.00441. The molecule has 2 aliphatic carbocycles. The van der Waals surface area contributed by atoms with Crippen LogP contribution in [-0.2, 0) is 16.2 Å². The fraction of sp³-hybridized carbons (Fsp3) is 0.292. The molecule has 7 rings (SSSR count). The number of hydrogen-bond donors (Lipinski definition) is 0. The first-order chi connectivity index (χ1) is 24.5. The van der Waals surface area contributed by atoms with Crippen LogP contribution >= 0.6 is 31.9 Å². The molecule has 0 saturated heterocycles. The van der Waals surface area contributed by atoms with Crippen molar-refractivity contribution in [2.45, 2.75) is 84.5 Å². The Morgan fingerprint density at radius 3 is 1.67 bits per heavy atom. The molecule has 4 heteroatoms. The van der Waals surface area contributed by atoms with Gasteiger partial charge in [-0.3, -0.25) is 0 Å². The Morgan fingerprint density at radius 1 is 0.577 bits per heavy atom. The summed E-state index contributed by atoms with van der Waals surface area (Å²) in [5, 5.41) is 0. The van der Waals surface area contributed by atoms with E-state index in [9.17, 15) is 0 Å². The predicted octanol–water partition coefficient (Wildman–Crippen LogP) is 15.2. The van der Waals surface area contributed by atoms with Gasteiger partial charge in [0, 0.05) is 38.8 Å². The summed E-state index contributed by atoms with van der Waals surface area (Å²) in [7, 11) is 0. The smallest absolute Gasteiger partial charge is 0.0617 e. The van der Waals surface area contributed by atoms with Crippen LogP contribution in [0.1, 0.15) is 89.1 Å². The molecule has 5 aromatic rings. The number of anilines is 6. The van der Waals surface area contributed by atoms with E-state index in [1.54, 1.807) is 0 Å². The Kier molecular flexibility index (Phi) is 9.49. The molecule has 2 nitrogen and oxygen atoms in total. The number of rotatable bonds is 6. The van der Waals surface area contributed by atoms with E-state index in [1.165, 1.54) is 27.8 Å². The van der Waals surface area contributed by atoms with Crippen LogP contribution in [0, 0.1) is 12.8 Å². The van der Waals surface area contributed by atoms with Crippen LogP contribution in [0.3, 0.4) is 0 Å². The lowest BCUT2D eigenvalue weighted by molar-refractivity contribution is 0.394. The molecule has 0 bridgehead atoms. The minimum Gasteiger partial charge on any atom is -0.310 e. The van der Waals surface area contributed by atoms with Gasteiger partial charge in [-0.2, -0.15) is 0 Å². The maximum Gasteiger partial charge on any atom is 0.0617 e. The monoisotopic (exact) mass is 812 g/mol. The highest BCUT2D eigenvalue weighted by Gasteiger charge is 2.44. The highest BCUT2D eigenvalue weighted by atomic mass is 79.9. The molecule has 2 unspecified atom stereocenters. The standard InChI is InChI=1S/C48H50Br2N2/c1-31-27-43(49)45(50)44(28-31)52(38-25-26-40-39-15-10-11-16-41(39)48(8,9)42(40)30-38)37-14-12-13-36(29-37)51(34-21-17-32(18-22-34)46(2,3)4)35-23-19-33(20-24-35)47(5,6)7/h10-30,39,41H,1-9H3. The summed E-state index contributed by atoms with van der Waals surface area (Å²) in [6, 6.07) is 38.7. The topological polar surface area (TPSA) is 6.48 Å². The third-order valence-electron chi connectivity index (χ3n) is 11.0. The molecule has 0 radical (unpaired) electrons. The molecular weight excluding hydrogens is 764 g/mol. The molecule has 0 aliphatic heterocycles. The normalized spacial score (nSPS) is 17.5. The maximum absolute atomic E-state index is 3.99. The lowest BCUT2D eigenvalue weighted by Crippen LogP contribution is -2.24. The minimum absolute atomic E-state index is 0.00441. The third kappa shape index (κ3) is 6.74. The van der Waals surface area contributed by atoms with E-state index in [0.29, 0.717) is 11.8 Å². The molecule has 0 spiro atoms. The second kappa shape index (κ2) is 13.5. The average Bonchev–Trinajstić information content (AvgIpc) is 3.33.